The quantitative estimate of drug-likeness (QED) is 0.449. The third kappa shape index (κ3) is 1.25. The minimum absolute atomic E-state index is 0.315. The van der Waals surface area contributed by atoms with E-state index in [4.69, 9.17) is 5.11 Å². The van der Waals surface area contributed by atoms with Crippen molar-refractivity contribution in [2.75, 3.05) is 19.8 Å². The van der Waals surface area contributed by atoms with Crippen LogP contribution in [-0.4, -0.2) is 47.9 Å². The summed E-state index contributed by atoms with van der Waals surface area (Å²) in [5.41, 5.74) is 0. The summed E-state index contributed by atoms with van der Waals surface area (Å²) >= 11 is 0. The van der Waals surface area contributed by atoms with Gasteiger partial charge in [0.1, 0.15) is 0 Å². The minimum Gasteiger partial charge on any atom is -0.465 e. The van der Waals surface area contributed by atoms with Gasteiger partial charge in [-0.1, -0.05) is 0 Å². The lowest BCUT2D eigenvalue weighted by atomic mass is 10.0. The molecule has 12 heavy (non-hydrogen) atoms. The number of nitrogens with one attached hydrogen (secondary N) is 2. The fraction of sp³-hybridized carbons (Fsp3) is 0.857. The molecule has 0 aromatic carbocycles. The highest BCUT2D eigenvalue weighted by atomic mass is 16.4. The van der Waals surface area contributed by atoms with E-state index in [0.29, 0.717) is 25.2 Å². The van der Waals surface area contributed by atoms with E-state index in [1.165, 1.54) is 4.90 Å². The molecule has 0 saturated carbocycles. The smallest absolute Gasteiger partial charge is 0.407 e. The molecule has 2 heterocycles. The summed E-state index contributed by atoms with van der Waals surface area (Å²) in [6.45, 7) is 2.08. The standard InChI is InChI=1S/C7H13N3O2/c11-7(12)10-2-1-5-6(3-10)9-4-8-5/h5-6,8-9H,1-4H2,(H,11,12). The van der Waals surface area contributed by atoms with Crippen molar-refractivity contribution in [3.8, 4) is 0 Å². The summed E-state index contributed by atoms with van der Waals surface area (Å²) in [5, 5.41) is 15.3. The number of piperidine rings is 1. The first-order chi connectivity index (χ1) is 5.77. The van der Waals surface area contributed by atoms with Gasteiger partial charge in [-0.15, -0.1) is 0 Å². The molecular formula is C7H13N3O2. The predicted molar refractivity (Wildman–Crippen MR) is 42.9 cm³/mol. The highest BCUT2D eigenvalue weighted by molar-refractivity contribution is 5.65. The van der Waals surface area contributed by atoms with Crippen molar-refractivity contribution < 1.29 is 9.90 Å². The molecule has 0 bridgehead atoms. The van der Waals surface area contributed by atoms with Gasteiger partial charge in [0.25, 0.3) is 0 Å². The van der Waals surface area contributed by atoms with Crippen molar-refractivity contribution in [2.45, 2.75) is 18.5 Å². The Bertz CT molecular complexity index is 197. The second-order valence-corrected chi connectivity index (χ2v) is 3.32. The molecule has 0 aromatic heterocycles. The SMILES string of the molecule is O=C(O)N1CCC2NCNC2C1. The first kappa shape index (κ1) is 7.82. The molecular weight excluding hydrogens is 158 g/mol. The number of nitrogens with zero attached hydrogens (tertiary/aromatic N) is 1. The lowest BCUT2D eigenvalue weighted by Gasteiger charge is -2.32. The summed E-state index contributed by atoms with van der Waals surface area (Å²) in [6.07, 6.45) is 0.117. The first-order valence-corrected chi connectivity index (χ1v) is 4.22. The molecule has 3 N–H and O–H groups in total. The van der Waals surface area contributed by atoms with Crippen LogP contribution in [0.4, 0.5) is 4.79 Å². The fourth-order valence-electron chi connectivity index (χ4n) is 1.90. The summed E-state index contributed by atoms with van der Waals surface area (Å²) < 4.78 is 0. The molecule has 0 radical (unpaired) electrons. The van der Waals surface area contributed by atoms with Crippen LogP contribution < -0.4 is 10.6 Å². The minimum atomic E-state index is -0.804. The summed E-state index contributed by atoms with van der Waals surface area (Å²) in [7, 11) is 0. The van der Waals surface area contributed by atoms with Crippen LogP contribution >= 0.6 is 0 Å². The van der Waals surface area contributed by atoms with Crippen LogP contribution in [0, 0.1) is 0 Å². The van der Waals surface area contributed by atoms with Crippen molar-refractivity contribution >= 4 is 6.09 Å². The second-order valence-electron chi connectivity index (χ2n) is 3.32. The zero-order chi connectivity index (χ0) is 8.55. The maximum absolute atomic E-state index is 10.6. The number of amides is 1. The zero-order valence-electron chi connectivity index (χ0n) is 6.79. The molecule has 2 aliphatic rings. The average molecular weight is 171 g/mol. The molecule has 2 saturated heterocycles. The molecule has 2 aliphatic heterocycles. The van der Waals surface area contributed by atoms with E-state index in [9.17, 15) is 4.79 Å². The highest BCUT2D eigenvalue weighted by Gasteiger charge is 2.33. The Morgan fingerprint density at radius 2 is 2.17 bits per heavy atom. The van der Waals surface area contributed by atoms with Crippen molar-refractivity contribution in [2.24, 2.45) is 0 Å². The third-order valence-electron chi connectivity index (χ3n) is 2.61. The van der Waals surface area contributed by atoms with Crippen LogP contribution in [-0.2, 0) is 0 Å². The van der Waals surface area contributed by atoms with E-state index >= 15 is 0 Å². The lowest BCUT2D eigenvalue weighted by molar-refractivity contribution is 0.125. The van der Waals surface area contributed by atoms with Gasteiger partial charge < -0.3 is 10.0 Å². The normalized spacial score (nSPS) is 34.8. The zero-order valence-corrected chi connectivity index (χ0v) is 6.79. The molecule has 5 nitrogen and oxygen atoms in total. The van der Waals surface area contributed by atoms with Gasteiger partial charge in [0.2, 0.25) is 0 Å². The van der Waals surface area contributed by atoms with Gasteiger partial charge in [-0.3, -0.25) is 10.6 Å². The van der Waals surface area contributed by atoms with E-state index in [1.807, 2.05) is 0 Å². The maximum atomic E-state index is 10.6. The van der Waals surface area contributed by atoms with Gasteiger partial charge in [-0.2, -0.15) is 0 Å². The topological polar surface area (TPSA) is 64.6 Å². The first-order valence-electron chi connectivity index (χ1n) is 4.22. The maximum Gasteiger partial charge on any atom is 0.407 e. The van der Waals surface area contributed by atoms with Crippen molar-refractivity contribution in [1.82, 2.24) is 15.5 Å². The molecule has 0 spiro atoms. The van der Waals surface area contributed by atoms with Gasteiger partial charge in [-0.25, -0.2) is 4.79 Å². The van der Waals surface area contributed by atoms with Crippen LogP contribution in [0.25, 0.3) is 0 Å². The monoisotopic (exact) mass is 171 g/mol. The van der Waals surface area contributed by atoms with E-state index in [1.54, 1.807) is 0 Å². The van der Waals surface area contributed by atoms with E-state index < -0.39 is 6.09 Å². The third-order valence-corrected chi connectivity index (χ3v) is 2.61. The number of hydrogen-bond acceptors (Lipinski definition) is 3. The number of rotatable bonds is 0. The van der Waals surface area contributed by atoms with Crippen LogP contribution in [0.5, 0.6) is 0 Å². The van der Waals surface area contributed by atoms with E-state index in [2.05, 4.69) is 10.6 Å². The molecule has 1 amide bonds. The lowest BCUT2D eigenvalue weighted by Crippen LogP contribution is -2.52. The number of hydrogen-bond donors (Lipinski definition) is 3. The van der Waals surface area contributed by atoms with Gasteiger partial charge in [0.15, 0.2) is 0 Å². The molecule has 68 valence electrons. The van der Waals surface area contributed by atoms with Gasteiger partial charge in [-0.05, 0) is 6.42 Å². The highest BCUT2D eigenvalue weighted by Crippen LogP contribution is 2.13. The Balaban J connectivity index is 1.96. The summed E-state index contributed by atoms with van der Waals surface area (Å²) in [5.74, 6) is 0. The molecule has 5 heteroatoms. The number of carbonyl (C=O) groups is 1. The Morgan fingerprint density at radius 3 is 2.92 bits per heavy atom. The molecule has 0 aromatic rings. The number of likely N-dealkylation sites (tertiary alicyclic amines) is 1. The summed E-state index contributed by atoms with van der Waals surface area (Å²) in [4.78, 5) is 12.1. The van der Waals surface area contributed by atoms with Crippen LogP contribution in [0.2, 0.25) is 0 Å². The molecule has 2 atom stereocenters. The Labute approximate surface area is 70.7 Å². The van der Waals surface area contributed by atoms with E-state index in [-0.39, 0.29) is 0 Å². The van der Waals surface area contributed by atoms with Crippen molar-refractivity contribution in [3.63, 3.8) is 0 Å². The summed E-state index contributed by atoms with van der Waals surface area (Å²) in [6, 6.07) is 0.787. The predicted octanol–water partition coefficient (Wildman–Crippen LogP) is -0.742. The number of fused-ring (bicyclic) bond motifs is 1. The average Bonchev–Trinajstić information content (AvgIpc) is 2.49. The van der Waals surface area contributed by atoms with Crippen LogP contribution in [0.15, 0.2) is 0 Å². The van der Waals surface area contributed by atoms with Gasteiger partial charge in [0.05, 0.1) is 0 Å². The number of carboxylic acid groups (broad SMARTS) is 1. The van der Waals surface area contributed by atoms with Crippen molar-refractivity contribution in [1.29, 1.82) is 0 Å². The largest absolute Gasteiger partial charge is 0.465 e. The van der Waals surface area contributed by atoms with Crippen molar-refractivity contribution in [3.05, 3.63) is 0 Å². The molecule has 0 aliphatic carbocycles. The van der Waals surface area contributed by atoms with Gasteiger partial charge in [0, 0.05) is 31.8 Å². The fourth-order valence-corrected chi connectivity index (χ4v) is 1.90. The second kappa shape index (κ2) is 2.91. The molecule has 2 unspecified atom stereocenters. The molecule has 2 rings (SSSR count). The van der Waals surface area contributed by atoms with Crippen LogP contribution in [0.1, 0.15) is 6.42 Å². The van der Waals surface area contributed by atoms with Crippen LogP contribution in [0.3, 0.4) is 0 Å². The Kier molecular flexibility index (Phi) is 1.90. The van der Waals surface area contributed by atoms with Gasteiger partial charge >= 0.3 is 6.09 Å². The Hall–Kier alpha value is -0.810. The Morgan fingerprint density at radius 1 is 1.42 bits per heavy atom. The molecule has 2 fully saturated rings. The van der Waals surface area contributed by atoms with E-state index in [0.717, 1.165) is 13.1 Å².